The maximum absolute atomic E-state index is 3.08. The zero-order chi connectivity index (χ0) is 12.5. The van der Waals surface area contributed by atoms with Crippen molar-refractivity contribution in [2.75, 3.05) is 0 Å². The number of hydrogen-bond donors (Lipinski definition) is 0. The Bertz CT molecular complexity index is 571. The minimum absolute atomic E-state index is 0.891. The standard InChI is InChI=1S/C17H15N/c1(3-8-14-18-15-9-10-16-18)2-5-11-17-12-6-4-7-13-17/h4,6-7,9-10,12-13,15-16H,3,8,14H2. The second kappa shape index (κ2) is 7.05. The van der Waals surface area contributed by atoms with Gasteiger partial charge in [-0.05, 0) is 42.5 Å². The van der Waals surface area contributed by atoms with E-state index in [2.05, 4.69) is 40.6 Å². The summed E-state index contributed by atoms with van der Waals surface area (Å²) in [6.45, 7) is 1.02. The van der Waals surface area contributed by atoms with Crippen LogP contribution in [0.3, 0.4) is 0 Å². The molecule has 1 nitrogen and oxygen atoms in total. The Morgan fingerprint density at radius 3 is 2.44 bits per heavy atom. The van der Waals surface area contributed by atoms with E-state index in [1.807, 2.05) is 42.5 Å². The summed E-state index contributed by atoms with van der Waals surface area (Å²) in [5, 5.41) is 0. The summed E-state index contributed by atoms with van der Waals surface area (Å²) in [6, 6.07) is 14.0. The fraction of sp³-hybridized carbons (Fsp3) is 0.176. The van der Waals surface area contributed by atoms with Crippen LogP contribution in [0.1, 0.15) is 18.4 Å². The predicted octanol–water partition coefficient (Wildman–Crippen LogP) is 3.32. The second-order valence-corrected chi connectivity index (χ2v) is 3.94. The second-order valence-electron chi connectivity index (χ2n) is 3.94. The lowest BCUT2D eigenvalue weighted by molar-refractivity contribution is 0.659. The molecule has 1 aromatic heterocycles. The van der Waals surface area contributed by atoms with Gasteiger partial charge in [-0.2, -0.15) is 0 Å². The van der Waals surface area contributed by atoms with E-state index >= 15 is 0 Å². The smallest absolute Gasteiger partial charge is 0.0255 e. The van der Waals surface area contributed by atoms with Crippen LogP contribution in [-0.2, 0) is 6.54 Å². The lowest BCUT2D eigenvalue weighted by Gasteiger charge is -1.97. The zero-order valence-corrected chi connectivity index (χ0v) is 10.3. The van der Waals surface area contributed by atoms with Gasteiger partial charge in [-0.1, -0.05) is 30.0 Å². The van der Waals surface area contributed by atoms with E-state index in [1.54, 1.807) is 0 Å². The van der Waals surface area contributed by atoms with Gasteiger partial charge in [0.15, 0.2) is 0 Å². The van der Waals surface area contributed by atoms with Crippen molar-refractivity contribution in [3.63, 3.8) is 0 Å². The molecule has 0 N–H and O–H groups in total. The van der Waals surface area contributed by atoms with Gasteiger partial charge in [-0.3, -0.25) is 0 Å². The summed E-state index contributed by atoms with van der Waals surface area (Å²) in [5.74, 6) is 11.9. The van der Waals surface area contributed by atoms with Gasteiger partial charge in [0.1, 0.15) is 0 Å². The molecule has 0 aliphatic carbocycles. The number of hydrogen-bond acceptors (Lipinski definition) is 0. The zero-order valence-electron chi connectivity index (χ0n) is 10.3. The summed E-state index contributed by atoms with van der Waals surface area (Å²) >= 11 is 0. The van der Waals surface area contributed by atoms with Crippen molar-refractivity contribution in [2.45, 2.75) is 19.4 Å². The van der Waals surface area contributed by atoms with E-state index in [1.165, 1.54) is 0 Å². The van der Waals surface area contributed by atoms with Crippen molar-refractivity contribution in [3.8, 4) is 23.7 Å². The largest absolute Gasteiger partial charge is 0.354 e. The Morgan fingerprint density at radius 1 is 0.889 bits per heavy atom. The van der Waals surface area contributed by atoms with E-state index in [9.17, 15) is 0 Å². The maximum Gasteiger partial charge on any atom is 0.0255 e. The Morgan fingerprint density at radius 2 is 1.67 bits per heavy atom. The number of nitrogens with zero attached hydrogens (tertiary/aromatic N) is 1. The first-order valence-electron chi connectivity index (χ1n) is 6.10. The third-order valence-electron chi connectivity index (χ3n) is 2.52. The Balaban J connectivity index is 1.72. The molecule has 0 amide bonds. The molecule has 0 unspecified atom stereocenters. The molecule has 0 saturated heterocycles. The van der Waals surface area contributed by atoms with Crippen molar-refractivity contribution < 1.29 is 0 Å². The van der Waals surface area contributed by atoms with Gasteiger partial charge < -0.3 is 4.57 Å². The van der Waals surface area contributed by atoms with Crippen molar-refractivity contribution in [3.05, 3.63) is 60.4 Å². The summed E-state index contributed by atoms with van der Waals surface area (Å²) in [7, 11) is 0. The SMILES string of the molecule is C(C#Cc1ccccc1)#CCCCn1cccc1. The fourth-order valence-corrected chi connectivity index (χ4v) is 1.60. The summed E-state index contributed by atoms with van der Waals surface area (Å²) in [6.07, 6.45) is 6.10. The molecular weight excluding hydrogens is 218 g/mol. The number of rotatable bonds is 3. The predicted molar refractivity (Wildman–Crippen MR) is 74.8 cm³/mol. The van der Waals surface area contributed by atoms with Crippen LogP contribution in [0.4, 0.5) is 0 Å². The highest BCUT2D eigenvalue weighted by molar-refractivity contribution is 5.39. The van der Waals surface area contributed by atoms with Crippen LogP contribution in [0.25, 0.3) is 0 Å². The van der Waals surface area contributed by atoms with Gasteiger partial charge in [0.25, 0.3) is 0 Å². The molecule has 2 aromatic rings. The topological polar surface area (TPSA) is 4.93 Å². The lowest BCUT2D eigenvalue weighted by atomic mass is 10.2. The normalized spacial score (nSPS) is 8.89. The molecule has 1 heteroatoms. The van der Waals surface area contributed by atoms with E-state index in [-0.39, 0.29) is 0 Å². The Hall–Kier alpha value is -2.38. The molecule has 2 rings (SSSR count). The van der Waals surface area contributed by atoms with Crippen LogP contribution >= 0.6 is 0 Å². The molecule has 0 atom stereocenters. The third kappa shape index (κ3) is 4.24. The van der Waals surface area contributed by atoms with Crippen molar-refractivity contribution in [2.24, 2.45) is 0 Å². The molecule has 88 valence electrons. The molecule has 0 saturated carbocycles. The maximum atomic E-state index is 3.08. The molecular formula is C17H15N. The van der Waals surface area contributed by atoms with Gasteiger partial charge in [-0.15, -0.1) is 0 Å². The van der Waals surface area contributed by atoms with E-state index in [4.69, 9.17) is 0 Å². The molecule has 1 heterocycles. The van der Waals surface area contributed by atoms with Crippen LogP contribution < -0.4 is 0 Å². The minimum atomic E-state index is 0.891. The van der Waals surface area contributed by atoms with Crippen molar-refractivity contribution in [1.29, 1.82) is 0 Å². The average molecular weight is 233 g/mol. The molecule has 0 radical (unpaired) electrons. The molecule has 0 aliphatic heterocycles. The number of aromatic nitrogens is 1. The average Bonchev–Trinajstić information content (AvgIpc) is 2.92. The summed E-state index contributed by atoms with van der Waals surface area (Å²) in [5.41, 5.74) is 1.01. The number of aryl methyl sites for hydroxylation is 1. The molecule has 0 aliphatic rings. The summed E-state index contributed by atoms with van der Waals surface area (Å²) < 4.78 is 2.16. The molecule has 1 aromatic carbocycles. The first-order valence-corrected chi connectivity index (χ1v) is 6.10. The van der Waals surface area contributed by atoms with E-state index < -0.39 is 0 Å². The van der Waals surface area contributed by atoms with Gasteiger partial charge in [-0.25, -0.2) is 0 Å². The van der Waals surface area contributed by atoms with Crippen LogP contribution in [0.2, 0.25) is 0 Å². The van der Waals surface area contributed by atoms with E-state index in [0.717, 1.165) is 24.9 Å². The third-order valence-corrected chi connectivity index (χ3v) is 2.52. The first-order chi connectivity index (χ1) is 8.95. The van der Waals surface area contributed by atoms with Crippen molar-refractivity contribution >= 4 is 0 Å². The van der Waals surface area contributed by atoms with Gasteiger partial charge in [0.2, 0.25) is 0 Å². The lowest BCUT2D eigenvalue weighted by Crippen LogP contribution is -1.92. The quantitative estimate of drug-likeness (QED) is 0.566. The fourth-order valence-electron chi connectivity index (χ4n) is 1.60. The number of unbranched alkanes of at least 4 members (excludes halogenated alkanes) is 1. The van der Waals surface area contributed by atoms with Crippen LogP contribution in [0.15, 0.2) is 54.9 Å². The molecule has 0 fully saturated rings. The monoisotopic (exact) mass is 233 g/mol. The minimum Gasteiger partial charge on any atom is -0.354 e. The highest BCUT2D eigenvalue weighted by Crippen LogP contribution is 1.96. The number of benzene rings is 1. The van der Waals surface area contributed by atoms with Crippen LogP contribution in [0, 0.1) is 23.7 Å². The highest BCUT2D eigenvalue weighted by atomic mass is 14.9. The Labute approximate surface area is 108 Å². The van der Waals surface area contributed by atoms with Gasteiger partial charge >= 0.3 is 0 Å². The van der Waals surface area contributed by atoms with Crippen LogP contribution in [-0.4, -0.2) is 4.57 Å². The first kappa shape index (κ1) is 12.1. The van der Waals surface area contributed by atoms with Crippen molar-refractivity contribution in [1.82, 2.24) is 4.57 Å². The molecule has 0 spiro atoms. The van der Waals surface area contributed by atoms with Crippen LogP contribution in [0.5, 0.6) is 0 Å². The van der Waals surface area contributed by atoms with Gasteiger partial charge in [0, 0.05) is 30.9 Å². The van der Waals surface area contributed by atoms with Gasteiger partial charge in [0.05, 0.1) is 0 Å². The Kier molecular flexibility index (Phi) is 4.73. The highest BCUT2D eigenvalue weighted by Gasteiger charge is 1.86. The molecule has 18 heavy (non-hydrogen) atoms. The molecule has 0 bridgehead atoms. The van der Waals surface area contributed by atoms with E-state index in [0.29, 0.717) is 0 Å². The summed E-state index contributed by atoms with van der Waals surface area (Å²) in [4.78, 5) is 0.